The minimum atomic E-state index is -0.307. The molecule has 6 heteroatoms. The summed E-state index contributed by atoms with van der Waals surface area (Å²) in [5.41, 5.74) is 4.36. The highest BCUT2D eigenvalue weighted by Crippen LogP contribution is 2.48. The van der Waals surface area contributed by atoms with Crippen molar-refractivity contribution in [2.24, 2.45) is 5.10 Å². The predicted octanol–water partition coefficient (Wildman–Crippen LogP) is 8.44. The van der Waals surface area contributed by atoms with Crippen LogP contribution in [0.4, 0.5) is 0 Å². The number of hydrogen-bond donors (Lipinski definition) is 0. The summed E-state index contributed by atoms with van der Waals surface area (Å²) in [7, 11) is 0. The van der Waals surface area contributed by atoms with E-state index < -0.39 is 0 Å². The molecule has 194 valence electrons. The van der Waals surface area contributed by atoms with Crippen molar-refractivity contribution in [1.82, 2.24) is 5.01 Å². The van der Waals surface area contributed by atoms with E-state index in [2.05, 4.69) is 58.2 Å². The molecule has 3 aromatic rings. The first-order valence-corrected chi connectivity index (χ1v) is 14.1. The number of nitrogens with zero attached hydrogens (tertiary/aromatic N) is 2. The summed E-state index contributed by atoms with van der Waals surface area (Å²) in [6, 6.07) is 22.8. The Labute approximate surface area is 228 Å². The number of ether oxygens (including phenoxy) is 3. The molecule has 3 aromatic carbocycles. The second-order valence-corrected chi connectivity index (χ2v) is 10.9. The molecular formula is C31H35BrN2O3. The number of halogens is 1. The molecule has 0 bridgehead atoms. The van der Waals surface area contributed by atoms with Gasteiger partial charge < -0.3 is 14.2 Å². The van der Waals surface area contributed by atoms with Crippen LogP contribution in [0.25, 0.3) is 0 Å². The van der Waals surface area contributed by atoms with E-state index in [0.717, 1.165) is 63.6 Å². The van der Waals surface area contributed by atoms with Crippen LogP contribution in [0.15, 0.2) is 76.3 Å². The van der Waals surface area contributed by atoms with E-state index in [-0.39, 0.29) is 18.4 Å². The van der Waals surface area contributed by atoms with Crippen molar-refractivity contribution in [3.63, 3.8) is 0 Å². The molecular weight excluding hydrogens is 528 g/mol. The lowest BCUT2D eigenvalue weighted by molar-refractivity contribution is -0.0191. The van der Waals surface area contributed by atoms with Crippen molar-refractivity contribution in [1.29, 1.82) is 0 Å². The number of benzene rings is 3. The molecule has 0 unspecified atom stereocenters. The molecule has 0 spiro atoms. The van der Waals surface area contributed by atoms with Gasteiger partial charge in [-0.3, -0.25) is 0 Å². The van der Waals surface area contributed by atoms with Gasteiger partial charge in [0.15, 0.2) is 0 Å². The van der Waals surface area contributed by atoms with Crippen molar-refractivity contribution in [3.05, 3.63) is 87.9 Å². The molecule has 0 amide bonds. The van der Waals surface area contributed by atoms with E-state index in [0.29, 0.717) is 0 Å². The fourth-order valence-electron chi connectivity index (χ4n) is 4.90. The number of hydrazone groups is 1. The third-order valence-corrected chi connectivity index (χ3v) is 7.24. The molecule has 5 nitrogen and oxygen atoms in total. The van der Waals surface area contributed by atoms with Gasteiger partial charge in [-0.1, -0.05) is 42.1 Å². The van der Waals surface area contributed by atoms with Crippen LogP contribution in [-0.2, 0) is 0 Å². The first kappa shape index (κ1) is 25.7. The average molecular weight is 564 g/mol. The molecule has 0 N–H and O–H groups in total. The fourth-order valence-corrected chi connectivity index (χ4v) is 5.28. The highest BCUT2D eigenvalue weighted by molar-refractivity contribution is 9.10. The lowest BCUT2D eigenvalue weighted by Gasteiger charge is -2.38. The molecule has 37 heavy (non-hydrogen) atoms. The first-order valence-electron chi connectivity index (χ1n) is 13.3. The summed E-state index contributed by atoms with van der Waals surface area (Å²) in [6.45, 7) is 7.05. The van der Waals surface area contributed by atoms with Gasteiger partial charge in [0.25, 0.3) is 0 Å². The van der Waals surface area contributed by atoms with Crippen LogP contribution in [0.3, 0.4) is 0 Å². The number of unbranched alkanes of at least 4 members (excludes halogenated alkanes) is 3. The Morgan fingerprint density at radius 3 is 2.46 bits per heavy atom. The Balaban J connectivity index is 1.38. The Bertz CT molecular complexity index is 1220. The van der Waals surface area contributed by atoms with Gasteiger partial charge in [0.1, 0.15) is 17.2 Å². The van der Waals surface area contributed by atoms with Gasteiger partial charge in [0.2, 0.25) is 6.23 Å². The molecule has 2 aliphatic rings. The van der Waals surface area contributed by atoms with Crippen LogP contribution in [0.5, 0.6) is 17.2 Å². The van der Waals surface area contributed by atoms with Crippen molar-refractivity contribution in [2.75, 3.05) is 6.61 Å². The zero-order valence-corrected chi connectivity index (χ0v) is 23.4. The van der Waals surface area contributed by atoms with Gasteiger partial charge >= 0.3 is 0 Å². The molecule has 0 aliphatic carbocycles. The Morgan fingerprint density at radius 2 is 1.73 bits per heavy atom. The SMILES string of the molecule is CCCCCCOc1ccc([C@@H]2Oc3ccc(Br)cc3[C@@H]3CC(c4ccc(OC(C)C)cc4)=NN32)cc1. The lowest BCUT2D eigenvalue weighted by atomic mass is 9.96. The highest BCUT2D eigenvalue weighted by Gasteiger charge is 2.41. The van der Waals surface area contributed by atoms with E-state index in [1.54, 1.807) is 0 Å². The minimum Gasteiger partial charge on any atom is -0.494 e. The Morgan fingerprint density at radius 1 is 0.973 bits per heavy atom. The third kappa shape index (κ3) is 5.96. The first-order chi connectivity index (χ1) is 18.0. The minimum absolute atomic E-state index is 0.0994. The Hall–Kier alpha value is -2.99. The van der Waals surface area contributed by atoms with Gasteiger partial charge in [0.05, 0.1) is 24.5 Å². The predicted molar refractivity (Wildman–Crippen MR) is 152 cm³/mol. The molecule has 0 radical (unpaired) electrons. The number of rotatable bonds is 10. The zero-order valence-electron chi connectivity index (χ0n) is 21.8. The van der Waals surface area contributed by atoms with Crippen molar-refractivity contribution in [2.45, 2.75) is 71.2 Å². The number of fused-ring (bicyclic) bond motifs is 3. The molecule has 2 heterocycles. The monoisotopic (exact) mass is 562 g/mol. The second kappa shape index (κ2) is 11.6. The van der Waals surface area contributed by atoms with E-state index in [4.69, 9.17) is 19.3 Å². The molecule has 5 rings (SSSR count). The zero-order chi connectivity index (χ0) is 25.8. The van der Waals surface area contributed by atoms with Gasteiger partial charge in [0, 0.05) is 22.0 Å². The summed E-state index contributed by atoms with van der Waals surface area (Å²) in [4.78, 5) is 0. The van der Waals surface area contributed by atoms with Crippen LogP contribution < -0.4 is 14.2 Å². The van der Waals surface area contributed by atoms with Crippen LogP contribution in [0, 0.1) is 0 Å². The molecule has 2 aliphatic heterocycles. The fraction of sp³-hybridized carbons (Fsp3) is 0.387. The van der Waals surface area contributed by atoms with Gasteiger partial charge in [-0.25, -0.2) is 5.01 Å². The highest BCUT2D eigenvalue weighted by atomic mass is 79.9. The molecule has 0 saturated carbocycles. The maximum Gasteiger partial charge on any atom is 0.213 e. The van der Waals surface area contributed by atoms with E-state index >= 15 is 0 Å². The quantitative estimate of drug-likeness (QED) is 0.232. The summed E-state index contributed by atoms with van der Waals surface area (Å²) in [5, 5.41) is 7.21. The van der Waals surface area contributed by atoms with Crippen molar-refractivity contribution < 1.29 is 14.2 Å². The molecule has 0 fully saturated rings. The van der Waals surface area contributed by atoms with Gasteiger partial charge in [-0.2, -0.15) is 5.10 Å². The van der Waals surface area contributed by atoms with Crippen molar-refractivity contribution >= 4 is 21.6 Å². The summed E-state index contributed by atoms with van der Waals surface area (Å²) < 4.78 is 19.4. The number of hydrogen-bond acceptors (Lipinski definition) is 5. The van der Waals surface area contributed by atoms with Gasteiger partial charge in [-0.05, 0) is 92.6 Å². The maximum absolute atomic E-state index is 6.54. The second-order valence-electron chi connectivity index (χ2n) is 9.97. The summed E-state index contributed by atoms with van der Waals surface area (Å²) in [5.74, 6) is 2.67. The molecule has 0 saturated heterocycles. The molecule has 0 aromatic heterocycles. The molecule has 2 atom stereocenters. The maximum atomic E-state index is 6.54. The van der Waals surface area contributed by atoms with E-state index in [9.17, 15) is 0 Å². The van der Waals surface area contributed by atoms with Crippen LogP contribution in [-0.4, -0.2) is 23.4 Å². The van der Waals surface area contributed by atoms with E-state index in [1.165, 1.54) is 19.3 Å². The third-order valence-electron chi connectivity index (χ3n) is 6.74. The summed E-state index contributed by atoms with van der Waals surface area (Å²) >= 11 is 3.64. The van der Waals surface area contributed by atoms with Crippen LogP contribution in [0.2, 0.25) is 0 Å². The standard InChI is InChI=1S/C31H35BrN2O3/c1-4-5-6-7-18-35-25-13-10-23(11-14-25)31-34-29(27-19-24(32)12-17-30(27)37-31)20-28(33-34)22-8-15-26(16-9-22)36-21(2)3/h8-17,19,21,29,31H,4-7,18,20H2,1-3H3/t29-,31-/m0/s1. The normalized spacial score (nSPS) is 18.2. The topological polar surface area (TPSA) is 43.3 Å². The van der Waals surface area contributed by atoms with Gasteiger partial charge in [-0.15, -0.1) is 0 Å². The summed E-state index contributed by atoms with van der Waals surface area (Å²) in [6.07, 6.45) is 5.44. The van der Waals surface area contributed by atoms with E-state index in [1.807, 2.05) is 50.2 Å². The lowest BCUT2D eigenvalue weighted by Crippen LogP contribution is -2.33. The smallest absolute Gasteiger partial charge is 0.213 e. The largest absolute Gasteiger partial charge is 0.494 e. The Kier molecular flexibility index (Phi) is 8.04. The van der Waals surface area contributed by atoms with Crippen molar-refractivity contribution in [3.8, 4) is 17.2 Å². The van der Waals surface area contributed by atoms with Crippen LogP contribution in [0.1, 0.15) is 81.8 Å². The average Bonchev–Trinajstić information content (AvgIpc) is 3.35. The van der Waals surface area contributed by atoms with Crippen LogP contribution >= 0.6 is 15.9 Å².